The first-order chi connectivity index (χ1) is 15.5. The quantitative estimate of drug-likeness (QED) is 0.1000. The van der Waals surface area contributed by atoms with Crippen LogP contribution in [0.2, 0.25) is 24.2 Å². The van der Waals surface area contributed by atoms with E-state index < -0.39 is 14.8 Å². The number of unbranched alkanes of at least 4 members (excludes halogenated alkanes) is 4. The minimum absolute atomic E-state index is 1.07. The molecule has 3 rings (SSSR count). The summed E-state index contributed by atoms with van der Waals surface area (Å²) in [6, 6.07) is 22.5. The van der Waals surface area contributed by atoms with Crippen LogP contribution in [-0.4, -0.2) is 14.8 Å². The van der Waals surface area contributed by atoms with Gasteiger partial charge in [-0.25, -0.2) is 0 Å². The molecule has 0 N–H and O–H groups in total. The van der Waals surface area contributed by atoms with Crippen molar-refractivity contribution < 1.29 is 0 Å². The number of benzene rings is 3. The number of rotatable bonds is 12. The van der Waals surface area contributed by atoms with E-state index in [2.05, 4.69) is 76.2 Å². The van der Waals surface area contributed by atoms with Crippen molar-refractivity contribution in [2.45, 2.75) is 90.4 Å². The Bertz CT molecular complexity index is 896. The van der Waals surface area contributed by atoms with Crippen LogP contribution in [0.15, 0.2) is 48.5 Å². The van der Waals surface area contributed by atoms with Gasteiger partial charge in [-0.1, -0.05) is 115 Å². The summed E-state index contributed by atoms with van der Waals surface area (Å²) >= 11 is 15.3. The van der Waals surface area contributed by atoms with E-state index in [0.29, 0.717) is 0 Å². The second-order valence-electron chi connectivity index (χ2n) is 9.39. The summed E-state index contributed by atoms with van der Waals surface area (Å²) in [5.74, 6) is 0. The molecule has 0 nitrogen and oxygen atoms in total. The van der Waals surface area contributed by atoms with Crippen molar-refractivity contribution in [3.05, 3.63) is 48.5 Å². The standard InChI is InChI=1S/C28H40Cl2Si2/c1-5-9-15-21-31(29,7-3)27-23-17-11-13-19-25(23)28(26-20-14-12-18-24(26)27)32(30,8-4)22-16-10-6-2/h11-14,17-20H,5-10,15-16,21-22H2,1-4H3. The normalized spacial score (nSPS) is 15.7. The molecule has 0 saturated carbocycles. The Morgan fingerprint density at radius 2 is 0.844 bits per heavy atom. The predicted octanol–water partition coefficient (Wildman–Crippen LogP) is 9.20. The van der Waals surface area contributed by atoms with E-state index in [4.69, 9.17) is 22.2 Å². The summed E-state index contributed by atoms with van der Waals surface area (Å²) in [6.45, 7) is 9.16. The molecule has 0 aromatic heterocycles. The number of fused-ring (bicyclic) bond motifs is 2. The largest absolute Gasteiger partial charge is 0.187 e. The molecule has 0 amide bonds. The van der Waals surface area contributed by atoms with Crippen molar-refractivity contribution >= 4 is 68.8 Å². The van der Waals surface area contributed by atoms with Crippen molar-refractivity contribution in [3.8, 4) is 0 Å². The summed E-state index contributed by atoms with van der Waals surface area (Å²) in [4.78, 5) is 0. The van der Waals surface area contributed by atoms with Crippen LogP contribution < -0.4 is 10.4 Å². The van der Waals surface area contributed by atoms with Crippen LogP contribution in [-0.2, 0) is 0 Å². The molecule has 0 spiro atoms. The molecule has 0 bridgehead atoms. The van der Waals surface area contributed by atoms with Crippen LogP contribution in [0, 0.1) is 0 Å². The van der Waals surface area contributed by atoms with Gasteiger partial charge in [-0.3, -0.25) is 0 Å². The zero-order chi connectivity index (χ0) is 23.2. The number of hydrogen-bond donors (Lipinski definition) is 0. The number of halogens is 2. The van der Waals surface area contributed by atoms with E-state index in [1.54, 1.807) is 0 Å². The average molecular weight is 504 g/mol. The van der Waals surface area contributed by atoms with Gasteiger partial charge >= 0.3 is 0 Å². The van der Waals surface area contributed by atoms with Crippen LogP contribution >= 0.6 is 22.2 Å². The van der Waals surface area contributed by atoms with Crippen LogP contribution in [0.4, 0.5) is 0 Å². The van der Waals surface area contributed by atoms with E-state index >= 15 is 0 Å². The van der Waals surface area contributed by atoms with Gasteiger partial charge in [0.05, 0.1) is 0 Å². The van der Waals surface area contributed by atoms with Gasteiger partial charge in [0.1, 0.15) is 0 Å². The summed E-state index contributed by atoms with van der Waals surface area (Å²) in [7, 11) is -4.29. The molecule has 0 aliphatic carbocycles. The average Bonchev–Trinajstić information content (AvgIpc) is 2.82. The maximum absolute atomic E-state index is 7.66. The topological polar surface area (TPSA) is 0 Å². The van der Waals surface area contributed by atoms with Crippen LogP contribution in [0.5, 0.6) is 0 Å². The van der Waals surface area contributed by atoms with E-state index in [0.717, 1.165) is 24.2 Å². The van der Waals surface area contributed by atoms with Gasteiger partial charge in [0.15, 0.2) is 14.8 Å². The van der Waals surface area contributed by atoms with Gasteiger partial charge < -0.3 is 0 Å². The van der Waals surface area contributed by atoms with Gasteiger partial charge in [0.2, 0.25) is 0 Å². The Hall–Kier alpha value is -0.806. The lowest BCUT2D eigenvalue weighted by Crippen LogP contribution is -2.47. The predicted molar refractivity (Wildman–Crippen MR) is 154 cm³/mol. The lowest BCUT2D eigenvalue weighted by molar-refractivity contribution is 0.765. The van der Waals surface area contributed by atoms with E-state index in [-0.39, 0.29) is 0 Å². The molecule has 3 aromatic carbocycles. The lowest BCUT2D eigenvalue weighted by atomic mass is 10.0. The van der Waals surface area contributed by atoms with Crippen molar-refractivity contribution in [1.29, 1.82) is 0 Å². The highest BCUT2D eigenvalue weighted by molar-refractivity contribution is 7.30. The zero-order valence-corrected chi connectivity index (χ0v) is 24.0. The maximum Gasteiger partial charge on any atom is 0.187 e. The molecule has 0 aliphatic rings. The first-order valence-electron chi connectivity index (χ1n) is 12.8. The fourth-order valence-electron chi connectivity index (χ4n) is 5.36. The molecule has 174 valence electrons. The molecule has 4 heteroatoms. The first kappa shape index (κ1) is 25.8. The summed E-state index contributed by atoms with van der Waals surface area (Å²) in [5.41, 5.74) is 0. The van der Waals surface area contributed by atoms with E-state index in [1.807, 2.05) is 0 Å². The summed E-state index contributed by atoms with van der Waals surface area (Å²) in [5, 5.41) is 8.44. The van der Waals surface area contributed by atoms with Crippen LogP contribution in [0.25, 0.3) is 21.5 Å². The Morgan fingerprint density at radius 3 is 1.09 bits per heavy atom. The van der Waals surface area contributed by atoms with Gasteiger partial charge in [-0.2, -0.15) is 22.2 Å². The third-order valence-corrected chi connectivity index (χ3v) is 18.6. The van der Waals surface area contributed by atoms with Gasteiger partial charge in [-0.05, 0) is 56.1 Å². The van der Waals surface area contributed by atoms with Crippen molar-refractivity contribution in [1.82, 2.24) is 0 Å². The third kappa shape index (κ3) is 5.14. The SMILES string of the molecule is CCCCC[Si](Cl)(CC)c1c2ccccc2c([Si](Cl)(CC)CCCCC)c2ccccc12. The highest BCUT2D eigenvalue weighted by Gasteiger charge is 2.39. The molecule has 32 heavy (non-hydrogen) atoms. The zero-order valence-electron chi connectivity index (χ0n) is 20.4. The highest BCUT2D eigenvalue weighted by atomic mass is 35.6. The van der Waals surface area contributed by atoms with E-state index in [1.165, 1.54) is 70.4 Å². The molecule has 2 unspecified atom stereocenters. The van der Waals surface area contributed by atoms with Crippen molar-refractivity contribution in [3.63, 3.8) is 0 Å². The summed E-state index contributed by atoms with van der Waals surface area (Å²) < 4.78 is 0. The van der Waals surface area contributed by atoms with Gasteiger partial charge in [0, 0.05) is 0 Å². The van der Waals surface area contributed by atoms with Crippen LogP contribution in [0.1, 0.15) is 66.2 Å². The van der Waals surface area contributed by atoms with E-state index in [9.17, 15) is 0 Å². The van der Waals surface area contributed by atoms with Crippen molar-refractivity contribution in [2.75, 3.05) is 0 Å². The molecular formula is C28H40Cl2Si2. The monoisotopic (exact) mass is 502 g/mol. The lowest BCUT2D eigenvalue weighted by Gasteiger charge is -2.32. The smallest absolute Gasteiger partial charge is 0.161 e. The molecule has 0 radical (unpaired) electrons. The Morgan fingerprint density at radius 1 is 0.531 bits per heavy atom. The number of hydrogen-bond acceptors (Lipinski definition) is 0. The van der Waals surface area contributed by atoms with Gasteiger partial charge in [-0.15, -0.1) is 0 Å². The van der Waals surface area contributed by atoms with Crippen LogP contribution in [0.3, 0.4) is 0 Å². The first-order valence-corrected chi connectivity index (χ1v) is 19.6. The second-order valence-corrected chi connectivity index (χ2v) is 21.0. The maximum atomic E-state index is 7.66. The molecule has 3 aromatic rings. The molecule has 0 heterocycles. The minimum Gasteiger partial charge on any atom is -0.161 e. The highest BCUT2D eigenvalue weighted by Crippen LogP contribution is 2.35. The fraction of sp³-hybridized carbons (Fsp3) is 0.500. The molecule has 0 aliphatic heterocycles. The summed E-state index contributed by atoms with van der Waals surface area (Å²) in [6.07, 6.45) is 7.45. The van der Waals surface area contributed by atoms with Gasteiger partial charge in [0.25, 0.3) is 0 Å². The molecule has 2 atom stereocenters. The minimum atomic E-state index is -2.14. The Kier molecular flexibility index (Phi) is 9.32. The molecule has 0 saturated heterocycles. The fourth-order valence-corrected chi connectivity index (χ4v) is 13.7. The third-order valence-electron chi connectivity index (χ3n) is 7.30. The molecular weight excluding hydrogens is 463 g/mol. The Balaban J connectivity index is 2.34. The Labute approximate surface area is 207 Å². The molecule has 0 fully saturated rings. The second kappa shape index (κ2) is 11.6. The van der Waals surface area contributed by atoms with Crippen molar-refractivity contribution in [2.24, 2.45) is 0 Å².